The van der Waals surface area contributed by atoms with E-state index in [1.54, 1.807) is 13.8 Å². The molecule has 16 heavy (non-hydrogen) atoms. The van der Waals surface area contributed by atoms with Crippen molar-refractivity contribution in [1.82, 2.24) is 0 Å². The molecule has 1 rings (SSSR count). The molecule has 6 heteroatoms. The number of amides is 1. The van der Waals surface area contributed by atoms with Crippen LogP contribution in [0.3, 0.4) is 0 Å². The molecule has 0 saturated carbocycles. The summed E-state index contributed by atoms with van der Waals surface area (Å²) >= 11 is 0. The van der Waals surface area contributed by atoms with Crippen LogP contribution in [0.15, 0.2) is 18.2 Å². The van der Waals surface area contributed by atoms with Gasteiger partial charge in [0, 0.05) is 17.8 Å². The Hall–Kier alpha value is -1.95. The molecule has 0 fully saturated rings. The molecule has 1 unspecified atom stereocenters. The third kappa shape index (κ3) is 2.77. The van der Waals surface area contributed by atoms with Gasteiger partial charge in [0.05, 0.1) is 11.0 Å². The van der Waals surface area contributed by atoms with Crippen LogP contribution in [0.2, 0.25) is 0 Å². The summed E-state index contributed by atoms with van der Waals surface area (Å²) in [7, 11) is 0. The van der Waals surface area contributed by atoms with Crippen LogP contribution in [0.25, 0.3) is 0 Å². The minimum Gasteiger partial charge on any atom is -0.324 e. The molecule has 1 atom stereocenters. The van der Waals surface area contributed by atoms with Gasteiger partial charge in [-0.2, -0.15) is 0 Å². The first-order valence-corrected chi connectivity index (χ1v) is 4.73. The summed E-state index contributed by atoms with van der Waals surface area (Å²) in [6.07, 6.45) is 0. The van der Waals surface area contributed by atoms with Crippen LogP contribution >= 0.6 is 0 Å². The number of nitro benzene ring substituents is 1. The number of benzene rings is 1. The van der Waals surface area contributed by atoms with Crippen molar-refractivity contribution in [3.05, 3.63) is 33.9 Å². The Bertz CT molecular complexity index is 429. The number of non-ortho nitro benzene ring substituents is 1. The average molecular weight is 223 g/mol. The molecule has 3 N–H and O–H groups in total. The van der Waals surface area contributed by atoms with E-state index in [9.17, 15) is 14.9 Å². The Morgan fingerprint density at radius 3 is 2.62 bits per heavy atom. The van der Waals surface area contributed by atoms with Gasteiger partial charge < -0.3 is 11.1 Å². The van der Waals surface area contributed by atoms with Gasteiger partial charge in [-0.05, 0) is 25.5 Å². The summed E-state index contributed by atoms with van der Waals surface area (Å²) in [5.74, 6) is -0.322. The first kappa shape index (κ1) is 12.1. The lowest BCUT2D eigenvalue weighted by Gasteiger charge is -2.09. The van der Waals surface area contributed by atoms with Crippen molar-refractivity contribution in [3.63, 3.8) is 0 Å². The van der Waals surface area contributed by atoms with Crippen LogP contribution in [-0.2, 0) is 4.79 Å². The van der Waals surface area contributed by atoms with Crippen molar-refractivity contribution < 1.29 is 9.72 Å². The number of aryl methyl sites for hydroxylation is 1. The summed E-state index contributed by atoms with van der Waals surface area (Å²) in [5, 5.41) is 13.1. The highest BCUT2D eigenvalue weighted by atomic mass is 16.6. The van der Waals surface area contributed by atoms with E-state index in [1.165, 1.54) is 18.2 Å². The van der Waals surface area contributed by atoms with Crippen LogP contribution in [0, 0.1) is 17.0 Å². The Morgan fingerprint density at radius 2 is 2.19 bits per heavy atom. The summed E-state index contributed by atoms with van der Waals surface area (Å²) in [5.41, 5.74) is 6.55. The lowest BCUT2D eigenvalue weighted by atomic mass is 10.1. The van der Waals surface area contributed by atoms with Gasteiger partial charge in [-0.1, -0.05) is 0 Å². The van der Waals surface area contributed by atoms with Gasteiger partial charge in [-0.25, -0.2) is 0 Å². The molecule has 0 aliphatic heterocycles. The molecular weight excluding hydrogens is 210 g/mol. The standard InChI is InChI=1S/C10H13N3O3/c1-6-5-8(13(15)16)3-4-9(6)12-10(14)7(2)11/h3-5,7H,11H2,1-2H3,(H,12,14). The minimum atomic E-state index is -0.616. The summed E-state index contributed by atoms with van der Waals surface area (Å²) in [4.78, 5) is 21.3. The van der Waals surface area contributed by atoms with Gasteiger partial charge in [0.1, 0.15) is 0 Å². The number of anilines is 1. The third-order valence-electron chi connectivity index (χ3n) is 2.09. The summed E-state index contributed by atoms with van der Waals surface area (Å²) in [6.45, 7) is 3.25. The van der Waals surface area contributed by atoms with Crippen LogP contribution in [0.4, 0.5) is 11.4 Å². The fourth-order valence-electron chi connectivity index (χ4n) is 1.15. The molecule has 6 nitrogen and oxygen atoms in total. The molecule has 0 aromatic heterocycles. The second-order valence-corrected chi connectivity index (χ2v) is 3.53. The molecule has 1 aromatic carbocycles. The molecule has 0 spiro atoms. The van der Waals surface area contributed by atoms with E-state index in [1.807, 2.05) is 0 Å². The molecule has 0 radical (unpaired) electrons. The van der Waals surface area contributed by atoms with Gasteiger partial charge >= 0.3 is 0 Å². The van der Waals surface area contributed by atoms with Gasteiger partial charge in [0.2, 0.25) is 5.91 Å². The van der Waals surface area contributed by atoms with Gasteiger partial charge in [0.25, 0.3) is 5.69 Å². The van der Waals surface area contributed by atoms with Gasteiger partial charge in [-0.3, -0.25) is 14.9 Å². The van der Waals surface area contributed by atoms with Crippen molar-refractivity contribution in [2.75, 3.05) is 5.32 Å². The van der Waals surface area contributed by atoms with Gasteiger partial charge in [-0.15, -0.1) is 0 Å². The molecule has 0 heterocycles. The molecule has 0 bridgehead atoms. The Labute approximate surface area is 92.6 Å². The van der Waals surface area contributed by atoms with Crippen molar-refractivity contribution in [3.8, 4) is 0 Å². The first-order chi connectivity index (χ1) is 7.41. The van der Waals surface area contributed by atoms with E-state index in [0.717, 1.165) is 0 Å². The van der Waals surface area contributed by atoms with E-state index in [-0.39, 0.29) is 11.6 Å². The van der Waals surface area contributed by atoms with Crippen LogP contribution < -0.4 is 11.1 Å². The molecule has 0 aliphatic carbocycles. The molecular formula is C10H13N3O3. The molecule has 1 aromatic rings. The largest absolute Gasteiger partial charge is 0.324 e. The highest BCUT2D eigenvalue weighted by Gasteiger charge is 2.12. The normalized spacial score (nSPS) is 11.9. The lowest BCUT2D eigenvalue weighted by Crippen LogP contribution is -2.32. The smallest absolute Gasteiger partial charge is 0.269 e. The van der Waals surface area contributed by atoms with Crippen molar-refractivity contribution >= 4 is 17.3 Å². The van der Waals surface area contributed by atoms with E-state index in [4.69, 9.17) is 5.73 Å². The zero-order valence-electron chi connectivity index (χ0n) is 9.06. The number of hydrogen-bond donors (Lipinski definition) is 2. The highest BCUT2D eigenvalue weighted by molar-refractivity contribution is 5.95. The second-order valence-electron chi connectivity index (χ2n) is 3.53. The number of carbonyl (C=O) groups is 1. The van der Waals surface area contributed by atoms with Crippen LogP contribution in [0.5, 0.6) is 0 Å². The second kappa shape index (κ2) is 4.71. The SMILES string of the molecule is Cc1cc([N+](=O)[O-])ccc1NC(=O)C(C)N. The maximum absolute atomic E-state index is 11.3. The van der Waals surface area contributed by atoms with Crippen molar-refractivity contribution in [2.45, 2.75) is 19.9 Å². The predicted octanol–water partition coefficient (Wildman–Crippen LogP) is 1.19. The number of carbonyl (C=O) groups excluding carboxylic acids is 1. The van der Waals surface area contributed by atoms with Crippen LogP contribution in [0.1, 0.15) is 12.5 Å². The molecule has 0 saturated heterocycles. The van der Waals surface area contributed by atoms with E-state index in [2.05, 4.69) is 5.32 Å². The number of hydrogen-bond acceptors (Lipinski definition) is 4. The Morgan fingerprint density at radius 1 is 1.56 bits per heavy atom. The number of nitrogens with one attached hydrogen (secondary N) is 1. The Kier molecular flexibility index (Phi) is 3.57. The fraction of sp³-hybridized carbons (Fsp3) is 0.300. The van der Waals surface area contributed by atoms with Gasteiger partial charge in [0.15, 0.2) is 0 Å². The average Bonchev–Trinajstić information content (AvgIpc) is 2.20. The molecule has 0 aliphatic rings. The van der Waals surface area contributed by atoms with Crippen molar-refractivity contribution in [2.24, 2.45) is 5.73 Å². The lowest BCUT2D eigenvalue weighted by molar-refractivity contribution is -0.384. The topological polar surface area (TPSA) is 98.3 Å². The van der Waals surface area contributed by atoms with E-state index < -0.39 is 11.0 Å². The van der Waals surface area contributed by atoms with Crippen LogP contribution in [-0.4, -0.2) is 16.9 Å². The number of nitrogens with zero attached hydrogens (tertiary/aromatic N) is 1. The van der Waals surface area contributed by atoms with Crippen molar-refractivity contribution in [1.29, 1.82) is 0 Å². The van der Waals surface area contributed by atoms with E-state index in [0.29, 0.717) is 11.3 Å². The first-order valence-electron chi connectivity index (χ1n) is 4.73. The van der Waals surface area contributed by atoms with E-state index >= 15 is 0 Å². The molecule has 1 amide bonds. The fourth-order valence-corrected chi connectivity index (χ4v) is 1.15. The monoisotopic (exact) mass is 223 g/mol. The highest BCUT2D eigenvalue weighted by Crippen LogP contribution is 2.21. The minimum absolute atomic E-state index is 0.00343. The Balaban J connectivity index is 2.91. The predicted molar refractivity (Wildman–Crippen MR) is 60.1 cm³/mol. The summed E-state index contributed by atoms with van der Waals surface area (Å²) in [6, 6.07) is 3.61. The zero-order chi connectivity index (χ0) is 12.3. The maximum Gasteiger partial charge on any atom is 0.269 e. The summed E-state index contributed by atoms with van der Waals surface area (Å²) < 4.78 is 0. The number of nitrogens with two attached hydrogens (primary N) is 1. The number of nitro groups is 1. The third-order valence-corrected chi connectivity index (χ3v) is 2.09. The quantitative estimate of drug-likeness (QED) is 0.593. The zero-order valence-corrected chi connectivity index (χ0v) is 9.06. The maximum atomic E-state index is 11.3. The number of rotatable bonds is 3. The molecule has 86 valence electrons.